The molecule has 3 aromatic rings. The fourth-order valence-electron chi connectivity index (χ4n) is 2.11. The van der Waals surface area contributed by atoms with Crippen LogP contribution >= 0.6 is 11.6 Å². The second-order valence-electron chi connectivity index (χ2n) is 4.68. The number of rotatable bonds is 3. The van der Waals surface area contributed by atoms with E-state index in [-0.39, 0.29) is 17.1 Å². The van der Waals surface area contributed by atoms with E-state index in [0.717, 1.165) is 11.5 Å². The Morgan fingerprint density at radius 3 is 2.64 bits per heavy atom. The summed E-state index contributed by atoms with van der Waals surface area (Å²) >= 11 is 6.20. The van der Waals surface area contributed by atoms with Gasteiger partial charge in [-0.2, -0.15) is 0 Å². The number of benzene rings is 2. The predicted octanol–water partition coefficient (Wildman–Crippen LogP) is 4.39. The molecule has 1 aromatic heterocycles. The number of furan rings is 1. The van der Waals surface area contributed by atoms with E-state index >= 15 is 0 Å². The van der Waals surface area contributed by atoms with E-state index in [1.807, 2.05) is 18.2 Å². The van der Waals surface area contributed by atoms with Crippen LogP contribution in [0.2, 0.25) is 5.02 Å². The Balaban J connectivity index is 1.92. The van der Waals surface area contributed by atoms with Gasteiger partial charge >= 0.3 is 0 Å². The molecule has 5 heteroatoms. The maximum atomic E-state index is 12.1. The van der Waals surface area contributed by atoms with Crippen molar-refractivity contribution in [3.63, 3.8) is 0 Å². The maximum Gasteiger partial charge on any atom is 0.189 e. The number of ketones is 1. The molecule has 0 unspecified atom stereocenters. The molecule has 2 N–H and O–H groups in total. The molecular weight excluding hydrogens is 304 g/mol. The first kappa shape index (κ1) is 14.2. The average Bonchev–Trinajstić information content (AvgIpc) is 2.82. The summed E-state index contributed by atoms with van der Waals surface area (Å²) in [5.41, 5.74) is 0.716. The zero-order valence-electron chi connectivity index (χ0n) is 11.3. The number of halogens is 1. The van der Waals surface area contributed by atoms with E-state index in [0.29, 0.717) is 16.4 Å². The van der Waals surface area contributed by atoms with Gasteiger partial charge in [-0.25, -0.2) is 0 Å². The molecule has 0 aliphatic heterocycles. The Kier molecular flexibility index (Phi) is 3.61. The Bertz CT molecular complexity index is 893. The van der Waals surface area contributed by atoms with Gasteiger partial charge in [-0.15, -0.1) is 0 Å². The number of carbonyl (C=O) groups is 1. The van der Waals surface area contributed by atoms with Crippen molar-refractivity contribution in [3.05, 3.63) is 64.9 Å². The first-order valence-electron chi connectivity index (χ1n) is 6.47. The fraction of sp³-hybridized carbons (Fsp3) is 0. The average molecular weight is 315 g/mol. The molecule has 0 atom stereocenters. The third-order valence-corrected chi connectivity index (χ3v) is 3.58. The standard InChI is InChI=1S/C17H11ClO4/c18-17-12-3-1-2-4-15(12)22-16(17)8-7-13(20)11-6-5-10(19)9-14(11)21/h1-9,19,21H/b8-7+. The molecule has 22 heavy (non-hydrogen) atoms. The van der Waals surface area contributed by atoms with E-state index in [2.05, 4.69) is 0 Å². The lowest BCUT2D eigenvalue weighted by atomic mass is 10.1. The first-order valence-corrected chi connectivity index (χ1v) is 6.85. The lowest BCUT2D eigenvalue weighted by molar-refractivity contribution is 0.104. The molecule has 0 aliphatic carbocycles. The van der Waals surface area contributed by atoms with Crippen LogP contribution in [-0.2, 0) is 0 Å². The molecule has 4 nitrogen and oxygen atoms in total. The van der Waals surface area contributed by atoms with Crippen LogP contribution in [0.25, 0.3) is 17.0 Å². The Morgan fingerprint density at radius 2 is 1.91 bits per heavy atom. The quantitative estimate of drug-likeness (QED) is 0.555. The Hall–Kier alpha value is -2.72. The van der Waals surface area contributed by atoms with Gasteiger partial charge in [0.15, 0.2) is 5.78 Å². The highest BCUT2D eigenvalue weighted by Crippen LogP contribution is 2.31. The van der Waals surface area contributed by atoms with Crippen molar-refractivity contribution in [2.45, 2.75) is 0 Å². The highest BCUT2D eigenvalue weighted by atomic mass is 35.5. The summed E-state index contributed by atoms with van der Waals surface area (Å²) in [5.74, 6) is -0.452. The fourth-order valence-corrected chi connectivity index (χ4v) is 2.37. The van der Waals surface area contributed by atoms with Gasteiger partial charge in [-0.05, 0) is 36.4 Å². The highest BCUT2D eigenvalue weighted by Gasteiger charge is 2.12. The monoisotopic (exact) mass is 314 g/mol. The summed E-state index contributed by atoms with van der Waals surface area (Å²) < 4.78 is 5.56. The molecule has 0 radical (unpaired) electrons. The van der Waals surface area contributed by atoms with Gasteiger partial charge in [0, 0.05) is 11.5 Å². The van der Waals surface area contributed by atoms with Gasteiger partial charge in [-0.3, -0.25) is 4.79 Å². The summed E-state index contributed by atoms with van der Waals surface area (Å²) in [5, 5.41) is 20.1. The third-order valence-electron chi connectivity index (χ3n) is 3.19. The van der Waals surface area contributed by atoms with Gasteiger partial charge in [0.1, 0.15) is 22.8 Å². The van der Waals surface area contributed by atoms with E-state index in [1.54, 1.807) is 6.07 Å². The van der Waals surface area contributed by atoms with Crippen LogP contribution in [0.3, 0.4) is 0 Å². The molecule has 0 saturated heterocycles. The van der Waals surface area contributed by atoms with Crippen molar-refractivity contribution >= 4 is 34.4 Å². The van der Waals surface area contributed by atoms with Crippen LogP contribution in [0, 0.1) is 0 Å². The normalized spacial score (nSPS) is 11.3. The predicted molar refractivity (Wildman–Crippen MR) is 84.4 cm³/mol. The smallest absolute Gasteiger partial charge is 0.189 e. The number of allylic oxidation sites excluding steroid dienone is 1. The minimum absolute atomic E-state index is 0.0845. The maximum absolute atomic E-state index is 12.1. The van der Waals surface area contributed by atoms with E-state index in [1.165, 1.54) is 24.3 Å². The number of fused-ring (bicyclic) bond motifs is 1. The van der Waals surface area contributed by atoms with Gasteiger partial charge in [0.2, 0.25) is 0 Å². The highest BCUT2D eigenvalue weighted by molar-refractivity contribution is 6.36. The first-order chi connectivity index (χ1) is 10.6. The number of aromatic hydroxyl groups is 2. The topological polar surface area (TPSA) is 70.7 Å². The molecule has 0 aliphatic rings. The van der Waals surface area contributed by atoms with Crippen LogP contribution in [0.4, 0.5) is 0 Å². The molecule has 0 bridgehead atoms. The van der Waals surface area contributed by atoms with Crippen molar-refractivity contribution in [2.24, 2.45) is 0 Å². The molecule has 0 saturated carbocycles. The molecule has 0 amide bonds. The van der Waals surface area contributed by atoms with Crippen molar-refractivity contribution in [1.29, 1.82) is 0 Å². The second kappa shape index (κ2) is 5.58. The number of hydrogen-bond donors (Lipinski definition) is 2. The number of phenols is 2. The molecule has 1 heterocycles. The number of hydrogen-bond acceptors (Lipinski definition) is 4. The summed E-state index contributed by atoms with van der Waals surface area (Å²) in [6.45, 7) is 0. The second-order valence-corrected chi connectivity index (χ2v) is 5.05. The Morgan fingerprint density at radius 1 is 1.14 bits per heavy atom. The number of phenolic OH excluding ortho intramolecular Hbond substituents is 2. The van der Waals surface area contributed by atoms with Crippen molar-refractivity contribution in [1.82, 2.24) is 0 Å². The van der Waals surface area contributed by atoms with Crippen LogP contribution in [0.1, 0.15) is 16.1 Å². The minimum atomic E-state index is -0.422. The van der Waals surface area contributed by atoms with Gasteiger partial charge in [0.05, 0.1) is 10.6 Å². The summed E-state index contributed by atoms with van der Waals surface area (Å²) in [6.07, 6.45) is 2.71. The van der Waals surface area contributed by atoms with Crippen LogP contribution in [-0.4, -0.2) is 16.0 Å². The molecule has 3 rings (SSSR count). The lowest BCUT2D eigenvalue weighted by Gasteiger charge is -2.00. The largest absolute Gasteiger partial charge is 0.508 e. The Labute approximate surface area is 130 Å². The number of para-hydroxylation sites is 1. The van der Waals surface area contributed by atoms with Gasteiger partial charge in [-0.1, -0.05) is 23.7 Å². The van der Waals surface area contributed by atoms with Crippen LogP contribution < -0.4 is 0 Å². The molecule has 0 fully saturated rings. The zero-order valence-corrected chi connectivity index (χ0v) is 12.0. The van der Waals surface area contributed by atoms with Gasteiger partial charge in [0.25, 0.3) is 0 Å². The van der Waals surface area contributed by atoms with Crippen molar-refractivity contribution in [3.8, 4) is 11.5 Å². The molecule has 0 spiro atoms. The third kappa shape index (κ3) is 2.56. The van der Waals surface area contributed by atoms with Crippen molar-refractivity contribution < 1.29 is 19.4 Å². The van der Waals surface area contributed by atoms with E-state index in [9.17, 15) is 15.0 Å². The van der Waals surface area contributed by atoms with Gasteiger partial charge < -0.3 is 14.6 Å². The van der Waals surface area contributed by atoms with Crippen LogP contribution in [0.15, 0.2) is 53.0 Å². The summed E-state index contributed by atoms with van der Waals surface area (Å²) in [6, 6.07) is 11.1. The number of carbonyl (C=O) groups excluding carboxylic acids is 1. The van der Waals surface area contributed by atoms with Crippen molar-refractivity contribution in [2.75, 3.05) is 0 Å². The molecule has 2 aromatic carbocycles. The zero-order chi connectivity index (χ0) is 15.7. The lowest BCUT2D eigenvalue weighted by Crippen LogP contribution is -1.94. The van der Waals surface area contributed by atoms with E-state index < -0.39 is 5.78 Å². The summed E-state index contributed by atoms with van der Waals surface area (Å²) in [4.78, 5) is 12.1. The SMILES string of the molecule is O=C(/C=C/c1oc2ccccc2c1Cl)c1ccc(O)cc1O. The van der Waals surface area contributed by atoms with Crippen LogP contribution in [0.5, 0.6) is 11.5 Å². The van der Waals surface area contributed by atoms with E-state index in [4.69, 9.17) is 16.0 Å². The molecular formula is C17H11ClO4. The minimum Gasteiger partial charge on any atom is -0.508 e. The summed E-state index contributed by atoms with van der Waals surface area (Å²) in [7, 11) is 0. The molecule has 110 valence electrons.